The topological polar surface area (TPSA) is 87.7 Å². The van der Waals surface area contributed by atoms with Crippen LogP contribution >= 0.6 is 0 Å². The number of carbonyl (C=O) groups is 2. The van der Waals surface area contributed by atoms with Gasteiger partial charge in [-0.15, -0.1) is 0 Å². The fourth-order valence-corrected chi connectivity index (χ4v) is 2.78. The molecule has 1 aliphatic carbocycles. The van der Waals surface area contributed by atoms with Crippen LogP contribution in [-0.4, -0.2) is 30.7 Å². The van der Waals surface area contributed by atoms with E-state index in [-0.39, 0.29) is 24.0 Å². The third kappa shape index (κ3) is 2.54. The number of ether oxygens (including phenoxy) is 2. The van der Waals surface area contributed by atoms with Crippen LogP contribution in [0, 0.1) is 0 Å². The molecule has 1 aromatic carbocycles. The molecule has 0 atom stereocenters. The van der Waals surface area contributed by atoms with Crippen molar-refractivity contribution in [3.05, 3.63) is 63.5 Å². The van der Waals surface area contributed by atoms with Crippen LogP contribution in [0.4, 0.5) is 0 Å². The van der Waals surface area contributed by atoms with Crippen LogP contribution < -0.4 is 5.76 Å². The lowest BCUT2D eigenvalue weighted by molar-refractivity contribution is -0.139. The Labute approximate surface area is 137 Å². The van der Waals surface area contributed by atoms with Crippen LogP contribution in [0.15, 0.2) is 50.7 Å². The van der Waals surface area contributed by atoms with E-state index in [1.807, 2.05) is 6.07 Å². The molecule has 0 bridgehead atoms. The summed E-state index contributed by atoms with van der Waals surface area (Å²) in [7, 11) is 2.46. The van der Waals surface area contributed by atoms with Gasteiger partial charge in [0.05, 0.1) is 36.7 Å². The highest BCUT2D eigenvalue weighted by Crippen LogP contribution is 2.28. The number of fused-ring (bicyclic) bond motifs is 1. The van der Waals surface area contributed by atoms with Crippen LogP contribution in [0.5, 0.6) is 0 Å². The van der Waals surface area contributed by atoms with Crippen LogP contribution in [0.1, 0.15) is 11.5 Å². The van der Waals surface area contributed by atoms with Crippen molar-refractivity contribution in [2.75, 3.05) is 14.2 Å². The SMILES string of the molecule is COC(=O)C1=C(C(=O)OC)Cc2c(oc(=O)n2-c2ccccc2)C1. The van der Waals surface area contributed by atoms with E-state index in [0.29, 0.717) is 17.1 Å². The van der Waals surface area contributed by atoms with E-state index in [9.17, 15) is 14.4 Å². The first-order valence-electron chi connectivity index (χ1n) is 7.24. The van der Waals surface area contributed by atoms with Crippen LogP contribution in [0.25, 0.3) is 5.69 Å². The maximum Gasteiger partial charge on any atom is 0.424 e. The summed E-state index contributed by atoms with van der Waals surface area (Å²) in [5.41, 5.74) is 1.46. The molecule has 0 unspecified atom stereocenters. The lowest BCUT2D eigenvalue weighted by atomic mass is 9.92. The Hall–Kier alpha value is -3.09. The van der Waals surface area contributed by atoms with E-state index in [1.165, 1.54) is 18.8 Å². The molecular weight excluding hydrogens is 314 g/mol. The van der Waals surface area contributed by atoms with Crippen molar-refractivity contribution in [2.45, 2.75) is 12.8 Å². The van der Waals surface area contributed by atoms with Crippen molar-refractivity contribution < 1.29 is 23.5 Å². The number of para-hydroxylation sites is 1. The molecule has 1 heterocycles. The second kappa shape index (κ2) is 6.19. The fraction of sp³-hybridized carbons (Fsp3) is 0.235. The Morgan fingerprint density at radius 1 is 1.00 bits per heavy atom. The minimum atomic E-state index is -0.642. The van der Waals surface area contributed by atoms with Gasteiger partial charge in [-0.2, -0.15) is 0 Å². The Kier molecular flexibility index (Phi) is 4.07. The lowest BCUT2D eigenvalue weighted by Gasteiger charge is -2.18. The molecule has 0 amide bonds. The van der Waals surface area contributed by atoms with Crippen molar-refractivity contribution >= 4 is 11.9 Å². The summed E-state index contributed by atoms with van der Waals surface area (Å²) in [4.78, 5) is 36.3. The number of benzene rings is 1. The van der Waals surface area contributed by atoms with Crippen molar-refractivity contribution in [1.82, 2.24) is 4.57 Å². The monoisotopic (exact) mass is 329 g/mol. The van der Waals surface area contributed by atoms with E-state index in [0.717, 1.165) is 0 Å². The molecular formula is C17H15NO6. The Bertz CT molecular complexity index is 888. The molecule has 1 aliphatic rings. The van der Waals surface area contributed by atoms with Gasteiger partial charge in [0.15, 0.2) is 0 Å². The van der Waals surface area contributed by atoms with Gasteiger partial charge in [-0.1, -0.05) is 18.2 Å². The molecule has 0 N–H and O–H groups in total. The molecule has 0 aliphatic heterocycles. The summed E-state index contributed by atoms with van der Waals surface area (Å²) in [6.45, 7) is 0. The molecule has 0 saturated heterocycles. The number of carbonyl (C=O) groups excluding carboxylic acids is 2. The number of hydrogen-bond acceptors (Lipinski definition) is 6. The lowest BCUT2D eigenvalue weighted by Crippen LogP contribution is -2.24. The normalized spacial score (nSPS) is 13.4. The zero-order chi connectivity index (χ0) is 17.3. The third-order valence-corrected chi connectivity index (χ3v) is 3.91. The molecule has 3 rings (SSSR count). The number of nitrogens with zero attached hydrogens (tertiary/aromatic N) is 1. The van der Waals surface area contributed by atoms with Crippen LogP contribution in [0.3, 0.4) is 0 Å². The molecule has 7 nitrogen and oxygen atoms in total. The predicted molar refractivity (Wildman–Crippen MR) is 82.8 cm³/mol. The standard InChI is InChI=1S/C17H15NO6/c1-22-15(19)11-8-13-14(9-12(11)16(20)23-2)24-17(21)18(13)10-6-4-3-5-7-10/h3-7H,8-9H2,1-2H3. The third-order valence-electron chi connectivity index (χ3n) is 3.91. The Balaban J connectivity index is 2.14. The van der Waals surface area contributed by atoms with E-state index in [1.54, 1.807) is 24.3 Å². The smallest absolute Gasteiger partial charge is 0.424 e. The number of esters is 2. The van der Waals surface area contributed by atoms with E-state index >= 15 is 0 Å². The number of oxazole rings is 1. The number of rotatable bonds is 3. The average molecular weight is 329 g/mol. The van der Waals surface area contributed by atoms with Gasteiger partial charge in [0.25, 0.3) is 0 Å². The Morgan fingerprint density at radius 3 is 2.17 bits per heavy atom. The summed E-state index contributed by atoms with van der Waals surface area (Å²) in [6, 6.07) is 8.93. The molecule has 1 aromatic heterocycles. The van der Waals surface area contributed by atoms with Crippen LogP contribution in [0.2, 0.25) is 0 Å². The molecule has 124 valence electrons. The van der Waals surface area contributed by atoms with Gasteiger partial charge in [-0.05, 0) is 12.1 Å². The highest BCUT2D eigenvalue weighted by Gasteiger charge is 2.33. The molecule has 0 saturated carbocycles. The van der Waals surface area contributed by atoms with Crippen LogP contribution in [-0.2, 0) is 31.9 Å². The summed E-state index contributed by atoms with van der Waals surface area (Å²) in [5, 5.41) is 0. The van der Waals surface area contributed by atoms with Gasteiger partial charge >= 0.3 is 17.7 Å². The molecule has 0 spiro atoms. The minimum absolute atomic E-state index is 0.00150. The summed E-state index contributed by atoms with van der Waals surface area (Å²) in [5.74, 6) is -1.50. The highest BCUT2D eigenvalue weighted by molar-refractivity contribution is 6.01. The van der Waals surface area contributed by atoms with Gasteiger partial charge in [0.1, 0.15) is 5.76 Å². The Morgan fingerprint density at radius 2 is 1.58 bits per heavy atom. The first-order chi connectivity index (χ1) is 11.6. The zero-order valence-electron chi connectivity index (χ0n) is 13.2. The zero-order valence-corrected chi connectivity index (χ0v) is 13.2. The number of aromatic nitrogens is 1. The van der Waals surface area contributed by atoms with Gasteiger partial charge in [-0.3, -0.25) is 0 Å². The summed E-state index contributed by atoms with van der Waals surface area (Å²) in [6.07, 6.45) is 0.0502. The molecule has 7 heteroatoms. The van der Waals surface area contributed by atoms with Crippen molar-refractivity contribution in [1.29, 1.82) is 0 Å². The van der Waals surface area contributed by atoms with Gasteiger partial charge < -0.3 is 13.9 Å². The van der Waals surface area contributed by atoms with Crippen molar-refractivity contribution in [3.8, 4) is 5.69 Å². The van der Waals surface area contributed by atoms with E-state index < -0.39 is 17.7 Å². The number of hydrogen-bond donors (Lipinski definition) is 0. The minimum Gasteiger partial charge on any atom is -0.466 e. The molecule has 2 aromatic rings. The maximum atomic E-state index is 12.2. The van der Waals surface area contributed by atoms with Gasteiger partial charge in [0, 0.05) is 12.8 Å². The fourth-order valence-electron chi connectivity index (χ4n) is 2.78. The first kappa shape index (κ1) is 15.8. The molecule has 24 heavy (non-hydrogen) atoms. The summed E-state index contributed by atoms with van der Waals surface area (Å²) >= 11 is 0. The highest BCUT2D eigenvalue weighted by atomic mass is 16.5. The van der Waals surface area contributed by atoms with Gasteiger partial charge in [-0.25, -0.2) is 19.0 Å². The van der Waals surface area contributed by atoms with Crippen molar-refractivity contribution in [2.24, 2.45) is 0 Å². The van der Waals surface area contributed by atoms with E-state index in [4.69, 9.17) is 13.9 Å². The average Bonchev–Trinajstić information content (AvgIpc) is 2.94. The van der Waals surface area contributed by atoms with Crippen molar-refractivity contribution in [3.63, 3.8) is 0 Å². The second-order valence-electron chi connectivity index (χ2n) is 5.20. The first-order valence-corrected chi connectivity index (χ1v) is 7.24. The summed E-state index contributed by atoms with van der Waals surface area (Å²) < 4.78 is 16.2. The van der Waals surface area contributed by atoms with E-state index in [2.05, 4.69) is 0 Å². The molecule has 0 fully saturated rings. The second-order valence-corrected chi connectivity index (χ2v) is 5.20. The predicted octanol–water partition coefficient (Wildman–Crippen LogP) is 1.17. The number of methoxy groups -OCH3 is 2. The van der Waals surface area contributed by atoms with Gasteiger partial charge in [0.2, 0.25) is 0 Å². The maximum absolute atomic E-state index is 12.2. The quantitative estimate of drug-likeness (QED) is 0.786. The molecule has 0 radical (unpaired) electrons. The largest absolute Gasteiger partial charge is 0.466 e.